The fourth-order valence-corrected chi connectivity index (χ4v) is 0.867. The SMILES string of the molecule is O=c1[nH]c(=O)c2[nH]cnc2[nH]1.O[As](O)O. The van der Waals surface area contributed by atoms with Gasteiger partial charge in [-0.25, -0.2) is 9.78 Å². The van der Waals surface area contributed by atoms with Crippen molar-refractivity contribution < 1.29 is 12.3 Å². The first-order valence-electron chi connectivity index (χ1n) is 3.53. The number of H-pyrrole nitrogens is 3. The molecule has 6 N–H and O–H groups in total. The van der Waals surface area contributed by atoms with Gasteiger partial charge >= 0.3 is 33.7 Å². The van der Waals surface area contributed by atoms with E-state index in [9.17, 15) is 9.59 Å². The standard InChI is InChI=1S/C5H4N4O2.AsH3O3/c10-4-2-3(7-1-6-2)8-5(11)9-4;2-1(3)4/h1H,(H3,6,7,8,9,10,11);2-4H. The summed E-state index contributed by atoms with van der Waals surface area (Å²) in [5, 5.41) is 0. The molecule has 0 bridgehead atoms. The molecule has 0 aliphatic rings. The Hall–Kier alpha value is -1.41. The molecule has 0 unspecified atom stereocenters. The summed E-state index contributed by atoms with van der Waals surface area (Å²) < 4.78 is 21.9. The number of nitrogens with zero attached hydrogens (tertiary/aromatic N) is 1. The molecule has 15 heavy (non-hydrogen) atoms. The van der Waals surface area contributed by atoms with Gasteiger partial charge in [0.05, 0.1) is 6.33 Å². The minimum atomic E-state index is -3.19. The molecule has 0 fully saturated rings. The molecule has 0 amide bonds. The van der Waals surface area contributed by atoms with E-state index in [0.717, 1.165) is 0 Å². The maximum atomic E-state index is 10.9. The molecule has 0 saturated carbocycles. The Morgan fingerprint density at radius 2 is 1.80 bits per heavy atom. The molecule has 0 radical (unpaired) electrons. The molecule has 2 aromatic heterocycles. The predicted molar refractivity (Wildman–Crippen MR) is 49.7 cm³/mol. The average Bonchev–Trinajstić information content (AvgIpc) is 2.50. The van der Waals surface area contributed by atoms with E-state index in [0.29, 0.717) is 0 Å². The summed E-state index contributed by atoms with van der Waals surface area (Å²) >= 11 is -3.19. The van der Waals surface area contributed by atoms with Gasteiger partial charge in [-0.15, -0.1) is 0 Å². The molecular weight excluding hydrogens is 271 g/mol. The molecule has 0 aromatic carbocycles. The van der Waals surface area contributed by atoms with E-state index in [1.807, 2.05) is 0 Å². The number of aromatic amines is 3. The Bertz CT molecular complexity index is 539. The van der Waals surface area contributed by atoms with Crippen molar-refractivity contribution in [2.24, 2.45) is 0 Å². The van der Waals surface area contributed by atoms with Crippen LogP contribution in [0.3, 0.4) is 0 Å². The second-order valence-electron chi connectivity index (χ2n) is 2.30. The van der Waals surface area contributed by atoms with Crippen LogP contribution >= 0.6 is 0 Å². The molecule has 2 aromatic rings. The van der Waals surface area contributed by atoms with Crippen LogP contribution in [-0.4, -0.2) is 47.9 Å². The molecule has 0 aliphatic carbocycles. The van der Waals surface area contributed by atoms with E-state index in [-0.39, 0.29) is 11.2 Å². The van der Waals surface area contributed by atoms with Crippen LogP contribution in [0.5, 0.6) is 0 Å². The van der Waals surface area contributed by atoms with Gasteiger partial charge in [-0.1, -0.05) is 0 Å². The molecule has 9 nitrogen and oxygen atoms in total. The van der Waals surface area contributed by atoms with E-state index < -0.39 is 26.9 Å². The quantitative estimate of drug-likeness (QED) is 0.280. The molecule has 10 heteroatoms. The molecule has 2 rings (SSSR count). The van der Waals surface area contributed by atoms with Gasteiger partial charge in [0, 0.05) is 0 Å². The van der Waals surface area contributed by atoms with Crippen LogP contribution in [0.15, 0.2) is 15.9 Å². The molecule has 0 spiro atoms. The predicted octanol–water partition coefficient (Wildman–Crippen LogP) is -3.11. The van der Waals surface area contributed by atoms with Crippen molar-refractivity contribution in [1.82, 2.24) is 19.9 Å². The Morgan fingerprint density at radius 1 is 1.20 bits per heavy atom. The average molecular weight is 278 g/mol. The van der Waals surface area contributed by atoms with Crippen molar-refractivity contribution in [3.8, 4) is 0 Å². The number of imidazole rings is 1. The van der Waals surface area contributed by atoms with Gasteiger partial charge < -0.3 is 4.98 Å². The van der Waals surface area contributed by atoms with Gasteiger partial charge in [0.25, 0.3) is 5.56 Å². The number of fused-ring (bicyclic) bond motifs is 1. The Labute approximate surface area is 86.8 Å². The first-order valence-corrected chi connectivity index (χ1v) is 6.05. The van der Waals surface area contributed by atoms with Gasteiger partial charge in [0.1, 0.15) is 5.52 Å². The third kappa shape index (κ3) is 3.33. The van der Waals surface area contributed by atoms with E-state index >= 15 is 0 Å². The third-order valence-corrected chi connectivity index (χ3v) is 1.33. The molecule has 82 valence electrons. The van der Waals surface area contributed by atoms with Crippen molar-refractivity contribution in [3.63, 3.8) is 0 Å². The van der Waals surface area contributed by atoms with Gasteiger partial charge in [0.15, 0.2) is 5.65 Å². The summed E-state index contributed by atoms with van der Waals surface area (Å²) in [6.07, 6.45) is 1.34. The number of aromatic nitrogens is 4. The topological polar surface area (TPSA) is 155 Å². The van der Waals surface area contributed by atoms with Crippen molar-refractivity contribution >= 4 is 26.8 Å². The van der Waals surface area contributed by atoms with Gasteiger partial charge in [-0.05, 0) is 0 Å². The van der Waals surface area contributed by atoms with Gasteiger partial charge in [-0.2, -0.15) is 0 Å². The first kappa shape index (κ1) is 11.7. The zero-order valence-electron chi connectivity index (χ0n) is 7.13. The zero-order chi connectivity index (χ0) is 11.4. The van der Waals surface area contributed by atoms with Gasteiger partial charge in [-0.3, -0.25) is 14.8 Å². The van der Waals surface area contributed by atoms with Crippen molar-refractivity contribution in [3.05, 3.63) is 27.2 Å². The number of hydrogen-bond acceptors (Lipinski definition) is 6. The summed E-state index contributed by atoms with van der Waals surface area (Å²) in [6, 6.07) is 0. The number of nitrogens with one attached hydrogen (secondary N) is 3. The van der Waals surface area contributed by atoms with Crippen molar-refractivity contribution in [2.45, 2.75) is 0 Å². The summed E-state index contributed by atoms with van der Waals surface area (Å²) in [5.74, 6) is 0. The van der Waals surface area contributed by atoms with E-state index in [1.165, 1.54) is 6.33 Å². The van der Waals surface area contributed by atoms with Crippen LogP contribution < -0.4 is 11.2 Å². The second kappa shape index (κ2) is 4.89. The van der Waals surface area contributed by atoms with Crippen LogP contribution in [0.1, 0.15) is 0 Å². The Balaban J connectivity index is 0.000000245. The summed E-state index contributed by atoms with van der Waals surface area (Å²) in [4.78, 5) is 32.3. The molecule has 2 heterocycles. The van der Waals surface area contributed by atoms with Gasteiger partial charge in [0.2, 0.25) is 0 Å². The van der Waals surface area contributed by atoms with Crippen LogP contribution in [0.4, 0.5) is 0 Å². The molecular formula is C5H7AsN4O5. The van der Waals surface area contributed by atoms with Crippen LogP contribution in [0, 0.1) is 0 Å². The number of rotatable bonds is 0. The summed E-state index contributed by atoms with van der Waals surface area (Å²) in [6.45, 7) is 0. The third-order valence-electron chi connectivity index (χ3n) is 1.33. The van der Waals surface area contributed by atoms with E-state index in [4.69, 9.17) is 12.3 Å². The monoisotopic (exact) mass is 278 g/mol. The van der Waals surface area contributed by atoms with Crippen LogP contribution in [-0.2, 0) is 0 Å². The second-order valence-corrected chi connectivity index (χ2v) is 3.43. The van der Waals surface area contributed by atoms with Crippen LogP contribution in [0.25, 0.3) is 11.2 Å². The minimum absolute atomic E-state index is 0.277. The summed E-state index contributed by atoms with van der Waals surface area (Å²) in [5.41, 5.74) is -0.445. The Morgan fingerprint density at radius 3 is 2.40 bits per heavy atom. The summed E-state index contributed by atoms with van der Waals surface area (Å²) in [7, 11) is 0. The zero-order valence-corrected chi connectivity index (χ0v) is 9.01. The van der Waals surface area contributed by atoms with Crippen molar-refractivity contribution in [2.75, 3.05) is 0 Å². The fourth-order valence-electron chi connectivity index (χ4n) is 0.867. The fraction of sp³-hybridized carbons (Fsp3) is 0. The molecule has 0 saturated heterocycles. The molecule has 0 aliphatic heterocycles. The maximum absolute atomic E-state index is 10.9. The van der Waals surface area contributed by atoms with E-state index in [2.05, 4.69) is 19.9 Å². The first-order chi connectivity index (χ1) is 7.00. The number of hydrogen-bond donors (Lipinski definition) is 6. The normalized spacial score (nSPS) is 10.1. The van der Waals surface area contributed by atoms with E-state index in [1.54, 1.807) is 0 Å². The van der Waals surface area contributed by atoms with Crippen LogP contribution in [0.2, 0.25) is 0 Å². The van der Waals surface area contributed by atoms with Crippen molar-refractivity contribution in [1.29, 1.82) is 0 Å². The molecule has 0 atom stereocenters. The Kier molecular flexibility index (Phi) is 3.80.